The molecule has 2 rings (SSSR count). The topological polar surface area (TPSA) is 92.9 Å². The minimum absolute atomic E-state index is 0.174. The molecule has 0 radical (unpaired) electrons. The van der Waals surface area contributed by atoms with Crippen LogP contribution in [0.2, 0.25) is 0 Å². The number of carbonyl (C=O) groups is 1. The van der Waals surface area contributed by atoms with E-state index < -0.39 is 0 Å². The number of hydrazine groups is 1. The van der Waals surface area contributed by atoms with Crippen LogP contribution in [0.5, 0.6) is 0 Å². The van der Waals surface area contributed by atoms with Gasteiger partial charge in [0.05, 0.1) is 5.56 Å². The molecule has 2 aromatic heterocycles. The van der Waals surface area contributed by atoms with Crippen molar-refractivity contribution in [1.82, 2.24) is 15.3 Å². The van der Waals surface area contributed by atoms with Gasteiger partial charge in [-0.15, -0.1) is 0 Å². The Hall–Kier alpha value is -2.47. The highest BCUT2D eigenvalue weighted by Gasteiger charge is 2.06. The van der Waals surface area contributed by atoms with Crippen LogP contribution in [-0.4, -0.2) is 15.9 Å². The molecular formula is C13H15N5O. The quantitative estimate of drug-likeness (QED) is 0.561. The first-order valence-electron chi connectivity index (χ1n) is 5.81. The van der Waals surface area contributed by atoms with Gasteiger partial charge in [0, 0.05) is 25.1 Å². The normalized spacial score (nSPS) is 10.0. The van der Waals surface area contributed by atoms with Gasteiger partial charge in [0.25, 0.3) is 5.91 Å². The average Bonchev–Trinajstić information content (AvgIpc) is 2.46. The first-order chi connectivity index (χ1) is 9.20. The molecule has 0 saturated carbocycles. The second-order valence-electron chi connectivity index (χ2n) is 4.06. The molecule has 0 aliphatic heterocycles. The fourth-order valence-electron chi connectivity index (χ4n) is 1.59. The number of aryl methyl sites for hydroxylation is 1. The second-order valence-corrected chi connectivity index (χ2v) is 4.06. The molecule has 0 saturated heterocycles. The minimum Gasteiger partial charge on any atom is -0.348 e. The molecule has 98 valence electrons. The predicted molar refractivity (Wildman–Crippen MR) is 72.2 cm³/mol. The van der Waals surface area contributed by atoms with Gasteiger partial charge in [0.2, 0.25) is 0 Å². The lowest BCUT2D eigenvalue weighted by molar-refractivity contribution is 0.0950. The lowest BCUT2D eigenvalue weighted by Crippen LogP contribution is -2.23. The molecule has 19 heavy (non-hydrogen) atoms. The van der Waals surface area contributed by atoms with Gasteiger partial charge in [0.15, 0.2) is 0 Å². The third kappa shape index (κ3) is 3.26. The van der Waals surface area contributed by atoms with E-state index >= 15 is 0 Å². The Bertz CT molecular complexity index is 568. The summed E-state index contributed by atoms with van der Waals surface area (Å²) in [5.74, 6) is 5.55. The fraction of sp³-hybridized carbons (Fsp3) is 0.154. The number of hydrogen-bond acceptors (Lipinski definition) is 5. The highest BCUT2D eigenvalue weighted by Crippen LogP contribution is 2.06. The van der Waals surface area contributed by atoms with Crippen molar-refractivity contribution in [2.45, 2.75) is 13.5 Å². The molecule has 0 unspecified atom stereocenters. The Kier molecular flexibility index (Phi) is 4.04. The van der Waals surface area contributed by atoms with Gasteiger partial charge >= 0.3 is 0 Å². The number of amides is 1. The lowest BCUT2D eigenvalue weighted by Gasteiger charge is -2.07. The molecule has 4 N–H and O–H groups in total. The van der Waals surface area contributed by atoms with E-state index in [0.29, 0.717) is 17.9 Å². The van der Waals surface area contributed by atoms with Crippen molar-refractivity contribution < 1.29 is 4.79 Å². The molecule has 0 aliphatic rings. The van der Waals surface area contributed by atoms with E-state index in [0.717, 1.165) is 11.1 Å². The van der Waals surface area contributed by atoms with Gasteiger partial charge in [-0.2, -0.15) is 0 Å². The van der Waals surface area contributed by atoms with Gasteiger partial charge in [0.1, 0.15) is 5.82 Å². The molecule has 2 aromatic rings. The second kappa shape index (κ2) is 5.92. The third-order valence-electron chi connectivity index (χ3n) is 2.75. The van der Waals surface area contributed by atoms with Crippen LogP contribution in [0.15, 0.2) is 36.8 Å². The number of anilines is 1. The highest BCUT2D eigenvalue weighted by molar-refractivity contribution is 5.94. The van der Waals surface area contributed by atoms with Crippen LogP contribution in [0.1, 0.15) is 21.5 Å². The zero-order valence-electron chi connectivity index (χ0n) is 10.6. The summed E-state index contributed by atoms with van der Waals surface area (Å²) in [5.41, 5.74) is 4.98. The molecule has 6 heteroatoms. The average molecular weight is 257 g/mol. The van der Waals surface area contributed by atoms with E-state index in [1.54, 1.807) is 24.5 Å². The standard InChI is InChI=1S/C13H15N5O/c1-9-6-15-5-4-10(9)7-17-13(19)11-2-3-12(18-14)16-8-11/h2-6,8H,7,14H2,1H3,(H,16,18)(H,17,19). The van der Waals surface area contributed by atoms with Gasteiger partial charge in [-0.05, 0) is 36.2 Å². The van der Waals surface area contributed by atoms with Gasteiger partial charge in [-0.1, -0.05) is 0 Å². The van der Waals surface area contributed by atoms with Crippen molar-refractivity contribution in [2.24, 2.45) is 5.84 Å². The molecule has 0 spiro atoms. The van der Waals surface area contributed by atoms with Crippen LogP contribution in [0, 0.1) is 6.92 Å². The molecule has 0 fully saturated rings. The summed E-state index contributed by atoms with van der Waals surface area (Å²) >= 11 is 0. The smallest absolute Gasteiger partial charge is 0.253 e. The predicted octanol–water partition coefficient (Wildman–Crippen LogP) is 1.00. The van der Waals surface area contributed by atoms with E-state index in [2.05, 4.69) is 20.7 Å². The maximum Gasteiger partial charge on any atom is 0.253 e. The van der Waals surface area contributed by atoms with Crippen molar-refractivity contribution in [2.75, 3.05) is 5.43 Å². The Labute approximate surface area is 111 Å². The van der Waals surface area contributed by atoms with Crippen molar-refractivity contribution in [3.8, 4) is 0 Å². The van der Waals surface area contributed by atoms with E-state index in [1.807, 2.05) is 13.0 Å². The summed E-state index contributed by atoms with van der Waals surface area (Å²) in [6.45, 7) is 2.42. The Balaban J connectivity index is 1.99. The van der Waals surface area contributed by atoms with E-state index in [1.165, 1.54) is 6.20 Å². The van der Waals surface area contributed by atoms with Crippen molar-refractivity contribution in [1.29, 1.82) is 0 Å². The summed E-state index contributed by atoms with van der Waals surface area (Å²) in [6, 6.07) is 5.19. The van der Waals surface area contributed by atoms with Crippen molar-refractivity contribution in [3.63, 3.8) is 0 Å². The zero-order valence-corrected chi connectivity index (χ0v) is 10.6. The molecule has 0 aromatic carbocycles. The number of nitrogens with two attached hydrogens (primary N) is 1. The van der Waals surface area contributed by atoms with Crippen molar-refractivity contribution >= 4 is 11.7 Å². The van der Waals surface area contributed by atoms with Gasteiger partial charge in [-0.25, -0.2) is 10.8 Å². The molecule has 0 atom stereocenters. The van der Waals surface area contributed by atoms with Crippen molar-refractivity contribution in [3.05, 3.63) is 53.5 Å². The monoisotopic (exact) mass is 257 g/mol. The van der Waals surface area contributed by atoms with Crippen LogP contribution < -0.4 is 16.6 Å². The molecule has 0 aliphatic carbocycles. The number of pyridine rings is 2. The fourth-order valence-corrected chi connectivity index (χ4v) is 1.59. The minimum atomic E-state index is -0.174. The third-order valence-corrected chi connectivity index (χ3v) is 2.75. The molecule has 1 amide bonds. The highest BCUT2D eigenvalue weighted by atomic mass is 16.1. The number of hydrogen-bond donors (Lipinski definition) is 3. The van der Waals surface area contributed by atoms with Gasteiger partial charge in [-0.3, -0.25) is 9.78 Å². The SMILES string of the molecule is Cc1cnccc1CNC(=O)c1ccc(NN)nc1. The Morgan fingerprint density at radius 1 is 1.32 bits per heavy atom. The first kappa shape index (κ1) is 13.0. The summed E-state index contributed by atoms with van der Waals surface area (Å²) in [6.07, 6.45) is 4.95. The lowest BCUT2D eigenvalue weighted by atomic mass is 10.1. The number of nitrogen functional groups attached to an aromatic ring is 1. The maximum atomic E-state index is 11.9. The van der Waals surface area contributed by atoms with E-state index in [9.17, 15) is 4.79 Å². The molecule has 0 bridgehead atoms. The Morgan fingerprint density at radius 3 is 2.79 bits per heavy atom. The van der Waals surface area contributed by atoms with Gasteiger partial charge < -0.3 is 10.7 Å². The van der Waals surface area contributed by atoms with Crippen LogP contribution in [0.3, 0.4) is 0 Å². The van der Waals surface area contributed by atoms with Crippen LogP contribution in [-0.2, 0) is 6.54 Å². The first-order valence-corrected chi connectivity index (χ1v) is 5.81. The number of carbonyl (C=O) groups excluding carboxylic acids is 1. The number of nitrogens with zero attached hydrogens (tertiary/aromatic N) is 2. The zero-order chi connectivity index (χ0) is 13.7. The van der Waals surface area contributed by atoms with E-state index in [4.69, 9.17) is 5.84 Å². The summed E-state index contributed by atoms with van der Waals surface area (Å²) in [5, 5.41) is 2.84. The molecule has 2 heterocycles. The summed E-state index contributed by atoms with van der Waals surface area (Å²) in [4.78, 5) is 19.9. The van der Waals surface area contributed by atoms with E-state index in [-0.39, 0.29) is 5.91 Å². The van der Waals surface area contributed by atoms with Crippen LogP contribution in [0.4, 0.5) is 5.82 Å². The molecular weight excluding hydrogens is 242 g/mol. The van der Waals surface area contributed by atoms with Crippen LogP contribution >= 0.6 is 0 Å². The largest absolute Gasteiger partial charge is 0.348 e. The summed E-state index contributed by atoms with van der Waals surface area (Å²) < 4.78 is 0. The molecule has 6 nitrogen and oxygen atoms in total. The number of aromatic nitrogens is 2. The summed E-state index contributed by atoms with van der Waals surface area (Å²) in [7, 11) is 0. The Morgan fingerprint density at radius 2 is 2.16 bits per heavy atom. The maximum absolute atomic E-state index is 11.9. The number of rotatable bonds is 4. The number of nitrogens with one attached hydrogen (secondary N) is 2. The van der Waals surface area contributed by atoms with Crippen LogP contribution in [0.25, 0.3) is 0 Å².